The quantitative estimate of drug-likeness (QED) is 0.812. The molecule has 1 atom stereocenters. The summed E-state index contributed by atoms with van der Waals surface area (Å²) >= 11 is 1.43. The summed E-state index contributed by atoms with van der Waals surface area (Å²) in [5.41, 5.74) is 7.11. The lowest BCUT2D eigenvalue weighted by molar-refractivity contribution is 0.514. The fourth-order valence-corrected chi connectivity index (χ4v) is 2.12. The molecule has 0 saturated carbocycles. The lowest BCUT2D eigenvalue weighted by Gasteiger charge is -2.15. The zero-order valence-electron chi connectivity index (χ0n) is 8.61. The summed E-state index contributed by atoms with van der Waals surface area (Å²) in [6.45, 7) is 8.48. The average Bonchev–Trinajstić information content (AvgIpc) is 2.50. The zero-order chi connectivity index (χ0) is 10.0. The molecule has 0 saturated heterocycles. The van der Waals surface area contributed by atoms with Gasteiger partial charge in [-0.3, -0.25) is 0 Å². The highest BCUT2D eigenvalue weighted by Gasteiger charge is 2.19. The van der Waals surface area contributed by atoms with E-state index in [2.05, 4.69) is 37.3 Å². The van der Waals surface area contributed by atoms with Crippen LogP contribution >= 0.6 is 11.5 Å². The Kier molecular flexibility index (Phi) is 3.39. The standard InChI is InChI=1S/C9H17N3S/c1-5(2)7(10)9-8(6(3)4)11-12-13-9/h5-7H,10H2,1-4H3. The highest BCUT2D eigenvalue weighted by molar-refractivity contribution is 7.05. The fourth-order valence-electron chi connectivity index (χ4n) is 1.14. The smallest absolute Gasteiger partial charge is 0.0829 e. The van der Waals surface area contributed by atoms with E-state index in [1.54, 1.807) is 0 Å². The molecule has 0 fully saturated rings. The van der Waals surface area contributed by atoms with Crippen LogP contribution in [0, 0.1) is 5.92 Å². The molecule has 0 aliphatic heterocycles. The van der Waals surface area contributed by atoms with Gasteiger partial charge in [0.1, 0.15) is 0 Å². The first-order chi connectivity index (χ1) is 6.04. The molecular formula is C9H17N3S. The highest BCUT2D eigenvalue weighted by Crippen LogP contribution is 2.28. The molecule has 0 aliphatic rings. The summed E-state index contributed by atoms with van der Waals surface area (Å²) in [7, 11) is 0. The van der Waals surface area contributed by atoms with E-state index in [1.165, 1.54) is 11.5 Å². The summed E-state index contributed by atoms with van der Waals surface area (Å²) in [6.07, 6.45) is 0. The van der Waals surface area contributed by atoms with Gasteiger partial charge in [0.15, 0.2) is 0 Å². The molecule has 2 N–H and O–H groups in total. The molecule has 1 unspecified atom stereocenters. The number of hydrogen-bond acceptors (Lipinski definition) is 4. The maximum absolute atomic E-state index is 6.05. The normalized spacial score (nSPS) is 14.1. The van der Waals surface area contributed by atoms with Crippen LogP contribution in [0.5, 0.6) is 0 Å². The molecule has 1 rings (SSSR count). The lowest BCUT2D eigenvalue weighted by atomic mass is 9.99. The van der Waals surface area contributed by atoms with E-state index in [4.69, 9.17) is 5.73 Å². The van der Waals surface area contributed by atoms with Crippen molar-refractivity contribution >= 4 is 11.5 Å². The molecule has 74 valence electrons. The van der Waals surface area contributed by atoms with Crippen LogP contribution < -0.4 is 5.73 Å². The van der Waals surface area contributed by atoms with Gasteiger partial charge in [-0.05, 0) is 23.4 Å². The van der Waals surface area contributed by atoms with E-state index in [0.29, 0.717) is 11.8 Å². The molecule has 1 heterocycles. The van der Waals surface area contributed by atoms with E-state index in [1.807, 2.05) is 0 Å². The van der Waals surface area contributed by atoms with Crippen LogP contribution in [0.2, 0.25) is 0 Å². The second-order valence-corrected chi connectivity index (χ2v) is 4.73. The van der Waals surface area contributed by atoms with E-state index < -0.39 is 0 Å². The average molecular weight is 199 g/mol. The molecular weight excluding hydrogens is 182 g/mol. The zero-order valence-corrected chi connectivity index (χ0v) is 9.43. The molecule has 0 aliphatic carbocycles. The van der Waals surface area contributed by atoms with Gasteiger partial charge in [0.25, 0.3) is 0 Å². The first-order valence-corrected chi connectivity index (χ1v) is 5.39. The summed E-state index contributed by atoms with van der Waals surface area (Å²) in [4.78, 5) is 1.14. The van der Waals surface area contributed by atoms with Crippen molar-refractivity contribution in [1.29, 1.82) is 0 Å². The van der Waals surface area contributed by atoms with Gasteiger partial charge in [0.2, 0.25) is 0 Å². The third-order valence-corrected chi connectivity index (χ3v) is 2.95. The lowest BCUT2D eigenvalue weighted by Crippen LogP contribution is -2.17. The number of hydrogen-bond donors (Lipinski definition) is 1. The Morgan fingerprint density at radius 1 is 1.23 bits per heavy atom. The van der Waals surface area contributed by atoms with Crippen LogP contribution in [-0.2, 0) is 0 Å². The summed E-state index contributed by atoms with van der Waals surface area (Å²) in [5.74, 6) is 0.860. The van der Waals surface area contributed by atoms with Crippen LogP contribution in [0.3, 0.4) is 0 Å². The van der Waals surface area contributed by atoms with Gasteiger partial charge in [0, 0.05) is 6.04 Å². The second-order valence-electron chi connectivity index (χ2n) is 3.95. The highest BCUT2D eigenvalue weighted by atomic mass is 32.1. The molecule has 0 bridgehead atoms. The van der Waals surface area contributed by atoms with Crippen molar-refractivity contribution in [2.45, 2.75) is 39.7 Å². The minimum Gasteiger partial charge on any atom is -0.323 e. The first-order valence-electron chi connectivity index (χ1n) is 4.61. The van der Waals surface area contributed by atoms with Gasteiger partial charge in [-0.1, -0.05) is 32.2 Å². The maximum atomic E-state index is 6.05. The topological polar surface area (TPSA) is 51.8 Å². The van der Waals surface area contributed by atoms with Crippen molar-refractivity contribution in [2.24, 2.45) is 11.7 Å². The Balaban J connectivity index is 2.93. The van der Waals surface area contributed by atoms with Crippen LogP contribution in [0.1, 0.15) is 50.2 Å². The van der Waals surface area contributed by atoms with Gasteiger partial charge >= 0.3 is 0 Å². The predicted octanol–water partition coefficient (Wildman–Crippen LogP) is 2.32. The summed E-state index contributed by atoms with van der Waals surface area (Å²) in [5, 5.41) is 4.11. The van der Waals surface area contributed by atoms with E-state index in [0.717, 1.165) is 10.6 Å². The molecule has 0 radical (unpaired) electrons. The monoisotopic (exact) mass is 199 g/mol. The molecule has 4 heteroatoms. The van der Waals surface area contributed by atoms with Gasteiger partial charge < -0.3 is 5.73 Å². The van der Waals surface area contributed by atoms with E-state index >= 15 is 0 Å². The fraction of sp³-hybridized carbons (Fsp3) is 0.778. The van der Waals surface area contributed by atoms with Crippen molar-refractivity contribution < 1.29 is 0 Å². The Hall–Kier alpha value is -0.480. The minimum atomic E-state index is 0.0809. The molecule has 3 nitrogen and oxygen atoms in total. The third kappa shape index (κ3) is 2.25. The van der Waals surface area contributed by atoms with Crippen molar-refractivity contribution in [1.82, 2.24) is 9.59 Å². The molecule has 1 aromatic heterocycles. The van der Waals surface area contributed by atoms with Crippen LogP contribution in [0.25, 0.3) is 0 Å². The molecule has 0 amide bonds. The van der Waals surface area contributed by atoms with Crippen LogP contribution in [0.4, 0.5) is 0 Å². The second kappa shape index (κ2) is 4.15. The Labute approximate surface area is 83.5 Å². The van der Waals surface area contributed by atoms with Crippen molar-refractivity contribution in [3.8, 4) is 0 Å². The van der Waals surface area contributed by atoms with Gasteiger partial charge in [0.05, 0.1) is 10.6 Å². The van der Waals surface area contributed by atoms with Gasteiger partial charge in [-0.25, -0.2) is 0 Å². The maximum Gasteiger partial charge on any atom is 0.0829 e. The summed E-state index contributed by atoms with van der Waals surface area (Å²) < 4.78 is 3.96. The predicted molar refractivity (Wildman–Crippen MR) is 55.8 cm³/mol. The van der Waals surface area contributed by atoms with Crippen LogP contribution in [0.15, 0.2) is 0 Å². The Morgan fingerprint density at radius 2 is 1.85 bits per heavy atom. The molecule has 1 aromatic rings. The minimum absolute atomic E-state index is 0.0809. The third-order valence-electron chi connectivity index (χ3n) is 2.11. The number of nitrogens with two attached hydrogens (primary N) is 1. The largest absolute Gasteiger partial charge is 0.323 e. The summed E-state index contributed by atoms with van der Waals surface area (Å²) in [6, 6.07) is 0.0809. The molecule has 13 heavy (non-hydrogen) atoms. The Morgan fingerprint density at radius 3 is 2.31 bits per heavy atom. The number of rotatable bonds is 3. The molecule has 0 aromatic carbocycles. The van der Waals surface area contributed by atoms with E-state index in [9.17, 15) is 0 Å². The van der Waals surface area contributed by atoms with Gasteiger partial charge in [-0.15, -0.1) is 5.10 Å². The van der Waals surface area contributed by atoms with Crippen molar-refractivity contribution in [3.63, 3.8) is 0 Å². The van der Waals surface area contributed by atoms with Crippen LogP contribution in [-0.4, -0.2) is 9.59 Å². The van der Waals surface area contributed by atoms with Crippen molar-refractivity contribution in [2.75, 3.05) is 0 Å². The Bertz CT molecular complexity index is 268. The first kappa shape index (κ1) is 10.6. The van der Waals surface area contributed by atoms with Crippen molar-refractivity contribution in [3.05, 3.63) is 10.6 Å². The molecule has 0 spiro atoms. The SMILES string of the molecule is CC(C)c1nnsc1C(N)C(C)C. The van der Waals surface area contributed by atoms with E-state index in [-0.39, 0.29) is 6.04 Å². The number of aromatic nitrogens is 2. The number of nitrogens with zero attached hydrogens (tertiary/aromatic N) is 2. The van der Waals surface area contributed by atoms with Gasteiger partial charge in [-0.2, -0.15) is 0 Å².